The monoisotopic (exact) mass is 481 g/mol. The summed E-state index contributed by atoms with van der Waals surface area (Å²) in [6, 6.07) is 5.57. The highest BCUT2D eigenvalue weighted by Gasteiger charge is 2.26. The molecule has 3 aromatic heterocycles. The molecule has 11 heteroatoms. The van der Waals surface area contributed by atoms with E-state index in [9.17, 15) is 9.59 Å². The van der Waals surface area contributed by atoms with E-state index in [1.165, 1.54) is 6.20 Å². The minimum atomic E-state index is -0.415. The Morgan fingerprint density at radius 1 is 1.03 bits per heavy atom. The Bertz CT molecular complexity index is 1150. The molecule has 1 fully saturated rings. The van der Waals surface area contributed by atoms with Crippen LogP contribution in [0.4, 0.5) is 5.69 Å². The van der Waals surface area contributed by atoms with Crippen molar-refractivity contribution < 1.29 is 14.3 Å². The molecule has 178 valence electrons. The molecule has 0 aromatic carbocycles. The molecule has 3 aromatic rings. The standard InChI is InChI=1S/C23H27N7O3S/c31-22-18-3-1-2-17(27-18)16-12-26-30(14-16)20(15-4-8-33-9-5-15)6-10-34-11-7-24-23(32)21-19(28-22)13-25-29-21/h1-3,12-15,20H,4-11H2,(H,24,32)(H,25,29)(H,28,31). The van der Waals surface area contributed by atoms with Gasteiger partial charge in [-0.2, -0.15) is 22.0 Å². The van der Waals surface area contributed by atoms with E-state index in [2.05, 4.69) is 30.5 Å². The van der Waals surface area contributed by atoms with Gasteiger partial charge in [0, 0.05) is 37.3 Å². The van der Waals surface area contributed by atoms with Crippen LogP contribution in [0.2, 0.25) is 0 Å². The Labute approximate surface area is 201 Å². The number of carbonyl (C=O) groups excluding carboxylic acids is 2. The quantitative estimate of drug-likeness (QED) is 0.488. The number of hydrogen-bond donors (Lipinski definition) is 3. The van der Waals surface area contributed by atoms with Gasteiger partial charge in [-0.1, -0.05) is 6.07 Å². The minimum absolute atomic E-state index is 0.219. The van der Waals surface area contributed by atoms with E-state index in [4.69, 9.17) is 9.84 Å². The van der Waals surface area contributed by atoms with Crippen molar-refractivity contribution >= 4 is 29.3 Å². The lowest BCUT2D eigenvalue weighted by Gasteiger charge is -2.30. The molecule has 0 aliphatic carbocycles. The topological polar surface area (TPSA) is 127 Å². The second-order valence-electron chi connectivity index (χ2n) is 8.40. The van der Waals surface area contributed by atoms with E-state index in [0.717, 1.165) is 49.5 Å². The summed E-state index contributed by atoms with van der Waals surface area (Å²) < 4.78 is 7.64. The number of anilines is 1. The summed E-state index contributed by atoms with van der Waals surface area (Å²) in [5.41, 5.74) is 2.32. The number of amides is 2. The number of H-pyrrole nitrogens is 1. The van der Waals surface area contributed by atoms with Crippen LogP contribution in [0.1, 0.15) is 46.3 Å². The summed E-state index contributed by atoms with van der Waals surface area (Å²) >= 11 is 1.81. The van der Waals surface area contributed by atoms with Gasteiger partial charge in [-0.25, -0.2) is 4.98 Å². The van der Waals surface area contributed by atoms with Crippen LogP contribution in [0.5, 0.6) is 0 Å². The van der Waals surface area contributed by atoms with Crippen LogP contribution in [0.3, 0.4) is 0 Å². The highest BCUT2D eigenvalue weighted by atomic mass is 32.2. The van der Waals surface area contributed by atoms with Crippen molar-refractivity contribution in [3.63, 3.8) is 0 Å². The minimum Gasteiger partial charge on any atom is -0.381 e. The van der Waals surface area contributed by atoms with Gasteiger partial charge in [0.1, 0.15) is 11.4 Å². The number of hydrogen-bond acceptors (Lipinski definition) is 7. The molecule has 0 saturated carbocycles. The lowest BCUT2D eigenvalue weighted by molar-refractivity contribution is 0.0460. The summed E-state index contributed by atoms with van der Waals surface area (Å²) in [6.45, 7) is 2.08. The molecule has 3 N–H and O–H groups in total. The number of rotatable bonds is 1. The third kappa shape index (κ3) is 5.00. The van der Waals surface area contributed by atoms with Gasteiger partial charge >= 0.3 is 0 Å². The van der Waals surface area contributed by atoms with Crippen molar-refractivity contribution in [1.29, 1.82) is 0 Å². The van der Waals surface area contributed by atoms with Crippen LogP contribution in [-0.4, -0.2) is 68.0 Å². The van der Waals surface area contributed by atoms with Crippen molar-refractivity contribution in [1.82, 2.24) is 30.3 Å². The maximum atomic E-state index is 12.9. The zero-order chi connectivity index (χ0) is 23.3. The fraction of sp³-hybridized carbons (Fsp3) is 0.435. The van der Waals surface area contributed by atoms with Gasteiger partial charge in [0.05, 0.1) is 29.8 Å². The number of ether oxygens (including phenoxy) is 1. The van der Waals surface area contributed by atoms with Gasteiger partial charge < -0.3 is 15.4 Å². The molecule has 34 heavy (non-hydrogen) atoms. The van der Waals surface area contributed by atoms with E-state index < -0.39 is 5.91 Å². The Morgan fingerprint density at radius 3 is 2.76 bits per heavy atom. The molecular weight excluding hydrogens is 454 g/mol. The van der Waals surface area contributed by atoms with Crippen LogP contribution in [0.15, 0.2) is 36.8 Å². The average Bonchev–Trinajstić information content (AvgIpc) is 3.54. The third-order valence-corrected chi connectivity index (χ3v) is 7.25. The lowest BCUT2D eigenvalue weighted by atomic mass is 9.90. The number of thioether (sulfide) groups is 1. The van der Waals surface area contributed by atoms with Crippen molar-refractivity contribution in [2.45, 2.75) is 25.3 Å². The van der Waals surface area contributed by atoms with Crippen LogP contribution in [-0.2, 0) is 4.74 Å². The van der Waals surface area contributed by atoms with Crippen LogP contribution in [0, 0.1) is 5.92 Å². The second kappa shape index (κ2) is 10.4. The summed E-state index contributed by atoms with van der Waals surface area (Å²) in [7, 11) is 0. The molecule has 5 rings (SSSR count). The van der Waals surface area contributed by atoms with Crippen molar-refractivity contribution in [3.8, 4) is 11.3 Å². The highest BCUT2D eigenvalue weighted by molar-refractivity contribution is 7.99. The molecule has 2 amide bonds. The van der Waals surface area contributed by atoms with Crippen molar-refractivity contribution in [2.24, 2.45) is 5.92 Å². The molecule has 2 aliphatic heterocycles. The maximum absolute atomic E-state index is 12.9. The Balaban J connectivity index is 1.45. The van der Waals surface area contributed by atoms with E-state index >= 15 is 0 Å². The van der Waals surface area contributed by atoms with Crippen molar-refractivity contribution in [2.75, 3.05) is 36.6 Å². The van der Waals surface area contributed by atoms with E-state index in [0.29, 0.717) is 23.8 Å². The number of carbonyl (C=O) groups is 2. The van der Waals surface area contributed by atoms with Crippen LogP contribution in [0.25, 0.3) is 11.3 Å². The first-order chi connectivity index (χ1) is 16.7. The molecular formula is C23H27N7O3S. The molecule has 1 atom stereocenters. The molecule has 5 heterocycles. The molecule has 4 bridgehead atoms. The number of nitrogens with zero attached hydrogens (tertiary/aromatic N) is 4. The number of aromatic amines is 1. The largest absolute Gasteiger partial charge is 0.381 e. The zero-order valence-electron chi connectivity index (χ0n) is 18.7. The first-order valence-corrected chi connectivity index (χ1v) is 12.6. The fourth-order valence-corrected chi connectivity index (χ4v) is 5.29. The van der Waals surface area contributed by atoms with Gasteiger partial charge in [-0.05, 0) is 43.1 Å². The lowest BCUT2D eigenvalue weighted by Crippen LogP contribution is -2.28. The van der Waals surface area contributed by atoms with Gasteiger partial charge in [0.2, 0.25) is 0 Å². The fourth-order valence-electron chi connectivity index (χ4n) is 4.43. The van der Waals surface area contributed by atoms with Gasteiger partial charge in [-0.3, -0.25) is 19.4 Å². The van der Waals surface area contributed by atoms with Gasteiger partial charge in [-0.15, -0.1) is 0 Å². The maximum Gasteiger partial charge on any atom is 0.274 e. The SMILES string of the molecule is O=C1Nc2cn[nH]c2C(=O)NCCSCCC(C2CCOCC2)n2cc(cn2)-c2cccc1n2. The molecule has 1 unspecified atom stereocenters. The molecule has 0 radical (unpaired) electrons. The van der Waals surface area contributed by atoms with E-state index in [1.807, 2.05) is 30.2 Å². The van der Waals surface area contributed by atoms with Crippen LogP contribution >= 0.6 is 11.8 Å². The average molecular weight is 482 g/mol. The predicted octanol–water partition coefficient (Wildman–Crippen LogP) is 2.75. The van der Waals surface area contributed by atoms with Gasteiger partial charge in [0.15, 0.2) is 0 Å². The van der Waals surface area contributed by atoms with Gasteiger partial charge in [0.25, 0.3) is 11.8 Å². The number of pyridine rings is 1. The second-order valence-corrected chi connectivity index (χ2v) is 9.63. The molecule has 10 nitrogen and oxygen atoms in total. The third-order valence-electron chi connectivity index (χ3n) is 6.23. The first kappa shape index (κ1) is 22.6. The summed E-state index contributed by atoms with van der Waals surface area (Å²) in [6.07, 6.45) is 8.28. The van der Waals surface area contributed by atoms with Crippen LogP contribution < -0.4 is 10.6 Å². The summed E-state index contributed by atoms with van der Waals surface area (Å²) in [4.78, 5) is 30.0. The number of nitrogens with one attached hydrogen (secondary N) is 3. The van der Waals surface area contributed by atoms with E-state index in [-0.39, 0.29) is 23.3 Å². The molecule has 0 spiro atoms. The summed E-state index contributed by atoms with van der Waals surface area (Å²) in [5.74, 6) is 1.53. The molecule has 2 aliphatic rings. The van der Waals surface area contributed by atoms with E-state index in [1.54, 1.807) is 12.1 Å². The smallest absolute Gasteiger partial charge is 0.274 e. The Hall–Kier alpha value is -3.18. The first-order valence-electron chi connectivity index (χ1n) is 11.5. The zero-order valence-corrected chi connectivity index (χ0v) is 19.5. The highest BCUT2D eigenvalue weighted by Crippen LogP contribution is 2.32. The van der Waals surface area contributed by atoms with Crippen molar-refractivity contribution in [3.05, 3.63) is 48.2 Å². The molecule has 1 saturated heterocycles. The Morgan fingerprint density at radius 2 is 1.88 bits per heavy atom. The normalized spacial score (nSPS) is 20.5. The predicted molar refractivity (Wildman–Crippen MR) is 129 cm³/mol. The number of fused-ring (bicyclic) bond motifs is 6. The summed E-state index contributed by atoms with van der Waals surface area (Å²) in [5, 5.41) is 16.9. The Kier molecular flexibility index (Phi) is 6.91. The number of aromatic nitrogens is 5.